The largest absolute Gasteiger partial charge is 0.372 e. The highest BCUT2D eigenvalue weighted by Gasteiger charge is 2.27. The number of hydrogen-bond donors (Lipinski definition) is 1. The number of rotatable bonds is 5. The maximum Gasteiger partial charge on any atom is 0.0368 e. The quantitative estimate of drug-likeness (QED) is 0.864. The average molecular weight is 246 g/mol. The zero-order valence-corrected chi connectivity index (χ0v) is 11.7. The number of benzene rings is 1. The van der Waals surface area contributed by atoms with Crippen molar-refractivity contribution in [1.29, 1.82) is 0 Å². The van der Waals surface area contributed by atoms with Gasteiger partial charge in [0.15, 0.2) is 0 Å². The van der Waals surface area contributed by atoms with Gasteiger partial charge in [-0.1, -0.05) is 18.6 Å². The molecule has 2 heteroatoms. The Balaban J connectivity index is 2.05. The standard InChI is InChI=1S/C16H26N2/c1-3-18(16-9-4-6-13(2)10-16)12-15-8-5-7-14(15)11-17/h4,6,9-10,14-15H,3,5,7-8,11-12,17H2,1-2H3. The van der Waals surface area contributed by atoms with Gasteiger partial charge in [0.2, 0.25) is 0 Å². The number of nitrogens with zero attached hydrogens (tertiary/aromatic N) is 1. The van der Waals surface area contributed by atoms with E-state index in [0.29, 0.717) is 0 Å². The molecule has 0 radical (unpaired) electrons. The summed E-state index contributed by atoms with van der Waals surface area (Å²) in [6, 6.07) is 8.83. The Morgan fingerprint density at radius 3 is 2.72 bits per heavy atom. The van der Waals surface area contributed by atoms with E-state index in [2.05, 4.69) is 43.0 Å². The molecule has 100 valence electrons. The summed E-state index contributed by atoms with van der Waals surface area (Å²) in [5.41, 5.74) is 8.59. The van der Waals surface area contributed by atoms with Crippen molar-refractivity contribution in [3.8, 4) is 0 Å². The van der Waals surface area contributed by atoms with Gasteiger partial charge >= 0.3 is 0 Å². The van der Waals surface area contributed by atoms with E-state index in [1.165, 1.54) is 37.1 Å². The number of aryl methyl sites for hydroxylation is 1. The van der Waals surface area contributed by atoms with Crippen LogP contribution in [0.1, 0.15) is 31.7 Å². The molecule has 0 bridgehead atoms. The van der Waals surface area contributed by atoms with Crippen molar-refractivity contribution in [3.05, 3.63) is 29.8 Å². The molecule has 0 aromatic heterocycles. The van der Waals surface area contributed by atoms with Crippen LogP contribution < -0.4 is 10.6 Å². The molecule has 0 heterocycles. The van der Waals surface area contributed by atoms with E-state index in [1.54, 1.807) is 0 Å². The molecule has 1 aromatic carbocycles. The lowest BCUT2D eigenvalue weighted by atomic mass is 9.95. The number of nitrogens with two attached hydrogens (primary N) is 1. The van der Waals surface area contributed by atoms with Gasteiger partial charge in [0.1, 0.15) is 0 Å². The zero-order chi connectivity index (χ0) is 13.0. The third-order valence-corrected chi connectivity index (χ3v) is 4.32. The van der Waals surface area contributed by atoms with Crippen LogP contribution in [-0.2, 0) is 0 Å². The fourth-order valence-electron chi connectivity index (χ4n) is 3.19. The maximum atomic E-state index is 5.89. The van der Waals surface area contributed by atoms with Gasteiger partial charge < -0.3 is 10.6 Å². The number of anilines is 1. The average Bonchev–Trinajstić information content (AvgIpc) is 2.83. The summed E-state index contributed by atoms with van der Waals surface area (Å²) >= 11 is 0. The van der Waals surface area contributed by atoms with Gasteiger partial charge in [-0.25, -0.2) is 0 Å². The molecule has 2 atom stereocenters. The Morgan fingerprint density at radius 1 is 1.28 bits per heavy atom. The molecule has 2 N–H and O–H groups in total. The van der Waals surface area contributed by atoms with Gasteiger partial charge in [-0.15, -0.1) is 0 Å². The first-order valence-corrected chi connectivity index (χ1v) is 7.26. The van der Waals surface area contributed by atoms with Crippen molar-refractivity contribution < 1.29 is 0 Å². The Kier molecular flexibility index (Phi) is 4.65. The Bertz CT molecular complexity index is 375. The lowest BCUT2D eigenvalue weighted by Crippen LogP contribution is -2.33. The van der Waals surface area contributed by atoms with E-state index in [-0.39, 0.29) is 0 Å². The molecule has 1 aliphatic rings. The van der Waals surface area contributed by atoms with Crippen LogP contribution in [0.3, 0.4) is 0 Å². The van der Waals surface area contributed by atoms with Crippen molar-refractivity contribution in [3.63, 3.8) is 0 Å². The predicted molar refractivity (Wildman–Crippen MR) is 79.0 cm³/mol. The van der Waals surface area contributed by atoms with Gasteiger partial charge in [-0.2, -0.15) is 0 Å². The maximum absolute atomic E-state index is 5.89. The lowest BCUT2D eigenvalue weighted by Gasteiger charge is -2.29. The summed E-state index contributed by atoms with van der Waals surface area (Å²) in [6.07, 6.45) is 4.04. The van der Waals surface area contributed by atoms with Crippen molar-refractivity contribution in [2.24, 2.45) is 17.6 Å². The zero-order valence-electron chi connectivity index (χ0n) is 11.7. The Morgan fingerprint density at radius 2 is 2.06 bits per heavy atom. The summed E-state index contributed by atoms with van der Waals surface area (Å²) < 4.78 is 0. The van der Waals surface area contributed by atoms with Gasteiger partial charge in [0.05, 0.1) is 0 Å². The van der Waals surface area contributed by atoms with E-state index >= 15 is 0 Å². The smallest absolute Gasteiger partial charge is 0.0368 e. The minimum Gasteiger partial charge on any atom is -0.372 e. The van der Waals surface area contributed by atoms with Crippen molar-refractivity contribution in [2.75, 3.05) is 24.5 Å². The molecular weight excluding hydrogens is 220 g/mol. The topological polar surface area (TPSA) is 29.3 Å². The molecule has 1 fully saturated rings. The van der Waals surface area contributed by atoms with Gasteiger partial charge in [0, 0.05) is 18.8 Å². The molecule has 0 spiro atoms. The van der Waals surface area contributed by atoms with Gasteiger partial charge in [-0.05, 0) is 62.8 Å². The second-order valence-corrected chi connectivity index (χ2v) is 5.56. The molecular formula is C16H26N2. The van der Waals surface area contributed by atoms with Crippen LogP contribution in [0.5, 0.6) is 0 Å². The monoisotopic (exact) mass is 246 g/mol. The summed E-state index contributed by atoms with van der Waals surface area (Å²) in [5.74, 6) is 1.53. The normalized spacial score (nSPS) is 23.3. The summed E-state index contributed by atoms with van der Waals surface area (Å²) in [4.78, 5) is 2.51. The van der Waals surface area contributed by atoms with Crippen LogP contribution in [0, 0.1) is 18.8 Å². The second-order valence-electron chi connectivity index (χ2n) is 5.56. The fourth-order valence-corrected chi connectivity index (χ4v) is 3.19. The van der Waals surface area contributed by atoms with Crippen LogP contribution >= 0.6 is 0 Å². The highest BCUT2D eigenvalue weighted by molar-refractivity contribution is 5.48. The predicted octanol–water partition coefficient (Wildman–Crippen LogP) is 3.20. The van der Waals surface area contributed by atoms with Crippen molar-refractivity contribution in [2.45, 2.75) is 33.1 Å². The van der Waals surface area contributed by atoms with Crippen LogP contribution in [0.15, 0.2) is 24.3 Å². The first kappa shape index (κ1) is 13.4. The molecule has 0 aliphatic heterocycles. The highest BCUT2D eigenvalue weighted by Crippen LogP contribution is 2.32. The molecule has 2 nitrogen and oxygen atoms in total. The van der Waals surface area contributed by atoms with Gasteiger partial charge in [-0.3, -0.25) is 0 Å². The van der Waals surface area contributed by atoms with Crippen LogP contribution in [-0.4, -0.2) is 19.6 Å². The van der Waals surface area contributed by atoms with Crippen LogP contribution in [0.2, 0.25) is 0 Å². The van der Waals surface area contributed by atoms with E-state index in [0.717, 1.165) is 24.9 Å². The van der Waals surface area contributed by atoms with Crippen molar-refractivity contribution in [1.82, 2.24) is 0 Å². The molecule has 1 aliphatic carbocycles. The first-order valence-electron chi connectivity index (χ1n) is 7.26. The van der Waals surface area contributed by atoms with E-state index in [1.807, 2.05) is 0 Å². The molecule has 0 amide bonds. The molecule has 18 heavy (non-hydrogen) atoms. The Labute approximate surface area is 111 Å². The number of hydrogen-bond acceptors (Lipinski definition) is 2. The van der Waals surface area contributed by atoms with Crippen LogP contribution in [0.25, 0.3) is 0 Å². The van der Waals surface area contributed by atoms with E-state index in [4.69, 9.17) is 5.73 Å². The first-order chi connectivity index (χ1) is 8.74. The molecule has 1 saturated carbocycles. The van der Waals surface area contributed by atoms with E-state index < -0.39 is 0 Å². The molecule has 0 saturated heterocycles. The lowest BCUT2D eigenvalue weighted by molar-refractivity contribution is 0.396. The van der Waals surface area contributed by atoms with E-state index in [9.17, 15) is 0 Å². The summed E-state index contributed by atoms with van der Waals surface area (Å²) in [7, 11) is 0. The Hall–Kier alpha value is -1.02. The second kappa shape index (κ2) is 6.24. The molecule has 2 rings (SSSR count). The fraction of sp³-hybridized carbons (Fsp3) is 0.625. The minimum atomic E-state index is 0.740. The summed E-state index contributed by atoms with van der Waals surface area (Å²) in [5, 5.41) is 0. The molecule has 2 unspecified atom stereocenters. The third kappa shape index (κ3) is 3.05. The highest BCUT2D eigenvalue weighted by atomic mass is 15.1. The van der Waals surface area contributed by atoms with Crippen molar-refractivity contribution >= 4 is 5.69 Å². The minimum absolute atomic E-state index is 0.740. The van der Waals surface area contributed by atoms with Gasteiger partial charge in [0.25, 0.3) is 0 Å². The third-order valence-electron chi connectivity index (χ3n) is 4.32. The van der Waals surface area contributed by atoms with Crippen LogP contribution in [0.4, 0.5) is 5.69 Å². The summed E-state index contributed by atoms with van der Waals surface area (Å²) in [6.45, 7) is 7.51. The molecule has 1 aromatic rings. The SMILES string of the molecule is CCN(CC1CCCC1CN)c1cccc(C)c1.